The Labute approximate surface area is 174 Å². The zero-order chi connectivity index (χ0) is 22.2. The number of fused-ring (bicyclic) bond motifs is 1. The highest BCUT2D eigenvalue weighted by Crippen LogP contribution is 2.36. The number of halogens is 2. The van der Waals surface area contributed by atoms with E-state index in [1.54, 1.807) is 25.1 Å². The third-order valence-corrected chi connectivity index (χ3v) is 5.33. The normalized spacial score (nSPS) is 14.4. The average molecular weight is 427 g/mol. The molecule has 2 atom stereocenters. The summed E-state index contributed by atoms with van der Waals surface area (Å²) in [6.45, 7) is 1.31. The minimum Gasteiger partial charge on any atom is -0.381 e. The van der Waals surface area contributed by atoms with Crippen LogP contribution in [-0.2, 0) is 12.1 Å². The zero-order valence-electron chi connectivity index (χ0n) is 16.4. The van der Waals surface area contributed by atoms with E-state index in [1.165, 1.54) is 28.2 Å². The van der Waals surface area contributed by atoms with Crippen molar-refractivity contribution in [2.24, 2.45) is 5.84 Å². The highest BCUT2D eigenvalue weighted by molar-refractivity contribution is 5.81. The van der Waals surface area contributed by atoms with E-state index >= 15 is 0 Å². The largest absolute Gasteiger partial charge is 0.381 e. The molecule has 4 rings (SSSR count). The van der Waals surface area contributed by atoms with E-state index < -0.39 is 28.8 Å². The van der Waals surface area contributed by atoms with E-state index in [4.69, 9.17) is 5.84 Å². The van der Waals surface area contributed by atoms with Crippen LogP contribution in [0, 0.1) is 11.6 Å². The molecule has 0 saturated heterocycles. The van der Waals surface area contributed by atoms with Gasteiger partial charge in [-0.1, -0.05) is 6.07 Å². The van der Waals surface area contributed by atoms with E-state index in [-0.39, 0.29) is 17.5 Å². The van der Waals surface area contributed by atoms with Gasteiger partial charge in [0.05, 0.1) is 35.5 Å². The number of anilines is 1. The Morgan fingerprint density at radius 3 is 2.71 bits per heavy atom. The zero-order valence-corrected chi connectivity index (χ0v) is 16.4. The Morgan fingerprint density at radius 2 is 2.03 bits per heavy atom. The Balaban J connectivity index is 1.87. The van der Waals surface area contributed by atoms with Crippen LogP contribution in [0.25, 0.3) is 10.9 Å². The molecular formula is C20H19F2N7O2. The van der Waals surface area contributed by atoms with Crippen molar-refractivity contribution in [2.75, 3.05) is 5.43 Å². The maximum Gasteiger partial charge on any atom is 0.261 e. The van der Waals surface area contributed by atoms with E-state index in [2.05, 4.69) is 20.5 Å². The molecule has 0 unspecified atom stereocenters. The number of rotatable bonds is 6. The molecule has 0 spiro atoms. The maximum atomic E-state index is 14.7. The standard InChI is InChI=1S/C20H19F2N7O2/c1-12(29-11-25-18-7-14(27-23)3-4-15(18)19(29)30)20(31,8-28-10-24-9-26-28)16-5-2-13(21)6-17(16)22/h2-7,9-12,27,31H,8,23H2,1H3/t12-,20-/m1/s1. The van der Waals surface area contributed by atoms with Crippen molar-refractivity contribution in [3.05, 3.63) is 82.9 Å². The van der Waals surface area contributed by atoms with E-state index in [9.17, 15) is 18.7 Å². The maximum absolute atomic E-state index is 14.7. The van der Waals surface area contributed by atoms with Crippen LogP contribution in [0.3, 0.4) is 0 Å². The van der Waals surface area contributed by atoms with Gasteiger partial charge < -0.3 is 10.5 Å². The molecule has 2 heterocycles. The van der Waals surface area contributed by atoms with Crippen molar-refractivity contribution in [3.8, 4) is 0 Å². The lowest BCUT2D eigenvalue weighted by molar-refractivity contribution is -0.0343. The molecule has 0 fully saturated rings. The van der Waals surface area contributed by atoms with Crippen LogP contribution in [0.2, 0.25) is 0 Å². The summed E-state index contributed by atoms with van der Waals surface area (Å²) in [5, 5.41) is 15.9. The summed E-state index contributed by atoms with van der Waals surface area (Å²) in [7, 11) is 0. The van der Waals surface area contributed by atoms with Crippen LogP contribution in [-0.4, -0.2) is 29.4 Å². The molecule has 9 nitrogen and oxygen atoms in total. The quantitative estimate of drug-likeness (QED) is 0.316. The highest BCUT2D eigenvalue weighted by atomic mass is 19.1. The molecular weight excluding hydrogens is 408 g/mol. The Bertz CT molecular complexity index is 1290. The number of hydrogen-bond acceptors (Lipinski definition) is 7. The molecule has 0 saturated carbocycles. The van der Waals surface area contributed by atoms with Crippen LogP contribution in [0.1, 0.15) is 18.5 Å². The first-order valence-corrected chi connectivity index (χ1v) is 9.31. The van der Waals surface area contributed by atoms with Crippen molar-refractivity contribution < 1.29 is 13.9 Å². The molecule has 160 valence electrons. The first-order valence-electron chi connectivity index (χ1n) is 9.31. The van der Waals surface area contributed by atoms with Gasteiger partial charge in [-0.25, -0.2) is 23.4 Å². The fourth-order valence-electron chi connectivity index (χ4n) is 3.58. The number of hydrogen-bond donors (Lipinski definition) is 3. The summed E-state index contributed by atoms with van der Waals surface area (Å²) in [6, 6.07) is 6.63. The fraction of sp³-hybridized carbons (Fsp3) is 0.200. The molecule has 11 heteroatoms. The molecule has 0 amide bonds. The molecule has 0 radical (unpaired) electrons. The molecule has 0 aliphatic carbocycles. The number of hydrazine groups is 1. The highest BCUT2D eigenvalue weighted by Gasteiger charge is 2.41. The van der Waals surface area contributed by atoms with Gasteiger partial charge in [-0.05, 0) is 31.2 Å². The molecule has 0 aliphatic heterocycles. The van der Waals surface area contributed by atoms with Gasteiger partial charge in [-0.3, -0.25) is 15.2 Å². The van der Waals surface area contributed by atoms with Crippen molar-refractivity contribution in [2.45, 2.75) is 25.1 Å². The van der Waals surface area contributed by atoms with Gasteiger partial charge >= 0.3 is 0 Å². The van der Waals surface area contributed by atoms with Crippen LogP contribution in [0.5, 0.6) is 0 Å². The first-order chi connectivity index (χ1) is 14.8. The number of benzene rings is 2. The topological polar surface area (TPSA) is 124 Å². The van der Waals surface area contributed by atoms with Crippen molar-refractivity contribution >= 4 is 16.6 Å². The molecule has 4 aromatic rings. The summed E-state index contributed by atoms with van der Waals surface area (Å²) in [5.74, 6) is 3.66. The predicted molar refractivity (Wildman–Crippen MR) is 109 cm³/mol. The second-order valence-electron chi connectivity index (χ2n) is 7.15. The number of nitrogens with two attached hydrogens (primary N) is 1. The number of aromatic nitrogens is 5. The fourth-order valence-corrected chi connectivity index (χ4v) is 3.58. The summed E-state index contributed by atoms with van der Waals surface area (Å²) in [6.07, 6.45) is 3.88. The lowest BCUT2D eigenvalue weighted by Crippen LogP contribution is -2.43. The smallest absolute Gasteiger partial charge is 0.261 e. The SMILES string of the molecule is C[C@@H](n1cnc2cc(NN)ccc2c1=O)[C@](O)(Cn1cncn1)c1ccc(F)cc1F. The lowest BCUT2D eigenvalue weighted by atomic mass is 9.86. The Kier molecular flexibility index (Phi) is 5.21. The summed E-state index contributed by atoms with van der Waals surface area (Å²) >= 11 is 0. The summed E-state index contributed by atoms with van der Waals surface area (Å²) < 4.78 is 30.7. The van der Waals surface area contributed by atoms with E-state index in [0.717, 1.165) is 12.1 Å². The molecule has 0 bridgehead atoms. The molecule has 31 heavy (non-hydrogen) atoms. The third-order valence-electron chi connectivity index (χ3n) is 5.33. The second kappa shape index (κ2) is 7.85. The minimum absolute atomic E-state index is 0.188. The number of nitrogens with one attached hydrogen (secondary N) is 1. The minimum atomic E-state index is -1.98. The van der Waals surface area contributed by atoms with Crippen molar-refractivity contribution in [1.29, 1.82) is 0 Å². The van der Waals surface area contributed by atoms with Gasteiger partial charge in [0.2, 0.25) is 0 Å². The summed E-state index contributed by atoms with van der Waals surface area (Å²) in [4.78, 5) is 21.3. The van der Waals surface area contributed by atoms with Crippen LogP contribution in [0.15, 0.2) is 60.2 Å². The van der Waals surface area contributed by atoms with Crippen LogP contribution in [0.4, 0.5) is 14.5 Å². The van der Waals surface area contributed by atoms with Gasteiger partial charge in [0.25, 0.3) is 5.56 Å². The number of aliphatic hydroxyl groups is 1. The third kappa shape index (κ3) is 3.64. The lowest BCUT2D eigenvalue weighted by Gasteiger charge is -2.35. The molecule has 4 N–H and O–H groups in total. The van der Waals surface area contributed by atoms with Crippen LogP contribution < -0.4 is 16.8 Å². The van der Waals surface area contributed by atoms with Crippen molar-refractivity contribution in [3.63, 3.8) is 0 Å². The molecule has 0 aliphatic rings. The van der Waals surface area contributed by atoms with E-state index in [1.807, 2.05) is 0 Å². The number of nitrogens with zero attached hydrogens (tertiary/aromatic N) is 5. The Hall–Kier alpha value is -3.70. The van der Waals surface area contributed by atoms with Crippen molar-refractivity contribution in [1.82, 2.24) is 24.3 Å². The van der Waals surface area contributed by atoms with Gasteiger partial charge in [0.1, 0.15) is 29.9 Å². The molecule has 2 aromatic heterocycles. The summed E-state index contributed by atoms with van der Waals surface area (Å²) in [5.41, 5.74) is 0.836. The van der Waals surface area contributed by atoms with Crippen LogP contribution >= 0.6 is 0 Å². The van der Waals surface area contributed by atoms with Gasteiger partial charge in [-0.15, -0.1) is 0 Å². The Morgan fingerprint density at radius 1 is 1.23 bits per heavy atom. The van der Waals surface area contributed by atoms with Gasteiger partial charge in [-0.2, -0.15) is 5.10 Å². The van der Waals surface area contributed by atoms with Gasteiger partial charge in [0.15, 0.2) is 0 Å². The second-order valence-corrected chi connectivity index (χ2v) is 7.15. The first kappa shape index (κ1) is 20.6. The van der Waals surface area contributed by atoms with Gasteiger partial charge in [0, 0.05) is 11.6 Å². The van der Waals surface area contributed by atoms with E-state index in [0.29, 0.717) is 17.3 Å². The monoisotopic (exact) mass is 427 g/mol. The predicted octanol–water partition coefficient (Wildman–Crippen LogP) is 1.70. The number of nitrogen functional groups attached to an aromatic ring is 1. The average Bonchev–Trinajstić information content (AvgIpc) is 3.25. The molecule has 2 aromatic carbocycles.